The Bertz CT molecular complexity index is 131. The minimum atomic E-state index is 0.833. The summed E-state index contributed by atoms with van der Waals surface area (Å²) in [5.41, 5.74) is 0. The van der Waals surface area contributed by atoms with Crippen LogP contribution in [0.5, 0.6) is 0 Å². The summed E-state index contributed by atoms with van der Waals surface area (Å²) in [6.07, 6.45) is 5.11. The Labute approximate surface area is 102 Å². The third-order valence-corrected chi connectivity index (χ3v) is 2.66. The lowest BCUT2D eigenvalue weighted by Crippen LogP contribution is -2.30. The molecule has 0 atom stereocenters. The second-order valence-electron chi connectivity index (χ2n) is 4.31. The van der Waals surface area contributed by atoms with E-state index in [1.807, 2.05) is 6.92 Å². The lowest BCUT2D eigenvalue weighted by atomic mass is 10.2. The van der Waals surface area contributed by atoms with Gasteiger partial charge >= 0.3 is 0 Å². The van der Waals surface area contributed by atoms with Crippen molar-refractivity contribution in [1.82, 2.24) is 10.2 Å². The van der Waals surface area contributed by atoms with E-state index in [0.717, 1.165) is 39.3 Å². The van der Waals surface area contributed by atoms with E-state index in [1.54, 1.807) is 0 Å². The van der Waals surface area contributed by atoms with Crippen LogP contribution in [0.2, 0.25) is 0 Å². The summed E-state index contributed by atoms with van der Waals surface area (Å²) in [4.78, 5) is 2.41. The molecule has 3 heteroatoms. The van der Waals surface area contributed by atoms with Crippen LogP contribution in [0, 0.1) is 0 Å². The molecule has 0 aliphatic rings. The third-order valence-electron chi connectivity index (χ3n) is 2.66. The van der Waals surface area contributed by atoms with Crippen LogP contribution in [0.1, 0.15) is 39.5 Å². The molecule has 0 spiro atoms. The second-order valence-corrected chi connectivity index (χ2v) is 4.31. The van der Waals surface area contributed by atoms with Crippen molar-refractivity contribution in [2.45, 2.75) is 39.5 Å². The molecule has 0 aliphatic heterocycles. The SMILES string of the molecule is CCCCCN(C)CCNCCCOCC. The highest BCUT2D eigenvalue weighted by atomic mass is 16.5. The molecular weight excluding hydrogens is 200 g/mol. The maximum Gasteiger partial charge on any atom is 0.0477 e. The average molecular weight is 230 g/mol. The minimum Gasteiger partial charge on any atom is -0.382 e. The van der Waals surface area contributed by atoms with Crippen molar-refractivity contribution in [3.8, 4) is 0 Å². The zero-order chi connectivity index (χ0) is 12.1. The number of rotatable bonds is 12. The van der Waals surface area contributed by atoms with Gasteiger partial charge in [-0.2, -0.15) is 0 Å². The molecule has 0 aromatic carbocycles. The number of ether oxygens (including phenoxy) is 1. The van der Waals surface area contributed by atoms with Crippen LogP contribution in [0.4, 0.5) is 0 Å². The van der Waals surface area contributed by atoms with Crippen LogP contribution >= 0.6 is 0 Å². The van der Waals surface area contributed by atoms with Gasteiger partial charge in [0.05, 0.1) is 0 Å². The number of unbranched alkanes of at least 4 members (excludes halogenated alkanes) is 2. The number of likely N-dealkylation sites (N-methyl/N-ethyl adjacent to an activating group) is 1. The summed E-state index contributed by atoms with van der Waals surface area (Å²) in [7, 11) is 2.21. The fourth-order valence-electron chi connectivity index (χ4n) is 1.58. The maximum absolute atomic E-state index is 5.28. The second kappa shape index (κ2) is 12.9. The molecule has 0 aliphatic carbocycles. The normalized spacial score (nSPS) is 11.2. The highest BCUT2D eigenvalue weighted by Crippen LogP contribution is 1.95. The molecule has 16 heavy (non-hydrogen) atoms. The summed E-state index contributed by atoms with van der Waals surface area (Å²) in [5.74, 6) is 0. The Morgan fingerprint density at radius 1 is 1.00 bits per heavy atom. The van der Waals surface area contributed by atoms with E-state index in [4.69, 9.17) is 4.74 Å². The highest BCUT2D eigenvalue weighted by molar-refractivity contribution is 4.55. The van der Waals surface area contributed by atoms with Gasteiger partial charge in [0, 0.05) is 26.3 Å². The number of hydrogen-bond acceptors (Lipinski definition) is 3. The van der Waals surface area contributed by atoms with Crippen molar-refractivity contribution < 1.29 is 4.74 Å². The van der Waals surface area contributed by atoms with E-state index in [9.17, 15) is 0 Å². The Morgan fingerprint density at radius 3 is 2.50 bits per heavy atom. The van der Waals surface area contributed by atoms with Crippen LogP contribution in [-0.4, -0.2) is 51.3 Å². The Balaban J connectivity index is 3.06. The largest absolute Gasteiger partial charge is 0.382 e. The third kappa shape index (κ3) is 12.0. The zero-order valence-corrected chi connectivity index (χ0v) is 11.4. The maximum atomic E-state index is 5.28. The van der Waals surface area contributed by atoms with Gasteiger partial charge in [0.25, 0.3) is 0 Å². The summed E-state index contributed by atoms with van der Waals surface area (Å²) >= 11 is 0. The molecule has 0 saturated heterocycles. The van der Waals surface area contributed by atoms with Crippen molar-refractivity contribution in [2.75, 3.05) is 46.4 Å². The van der Waals surface area contributed by atoms with Crippen LogP contribution < -0.4 is 5.32 Å². The summed E-state index contributed by atoms with van der Waals surface area (Å²) in [6.45, 7) is 10.6. The molecule has 3 nitrogen and oxygen atoms in total. The Hall–Kier alpha value is -0.120. The summed E-state index contributed by atoms with van der Waals surface area (Å²) < 4.78 is 5.28. The van der Waals surface area contributed by atoms with Crippen molar-refractivity contribution >= 4 is 0 Å². The van der Waals surface area contributed by atoms with Gasteiger partial charge in [-0.25, -0.2) is 0 Å². The Morgan fingerprint density at radius 2 is 1.81 bits per heavy atom. The van der Waals surface area contributed by atoms with Gasteiger partial charge in [-0.15, -0.1) is 0 Å². The predicted octanol–water partition coefficient (Wildman–Crippen LogP) is 2.12. The molecule has 0 aromatic heterocycles. The topological polar surface area (TPSA) is 24.5 Å². The van der Waals surface area contributed by atoms with Gasteiger partial charge in [0.2, 0.25) is 0 Å². The molecule has 0 aromatic rings. The quantitative estimate of drug-likeness (QED) is 0.520. The first kappa shape index (κ1) is 15.9. The summed E-state index contributed by atoms with van der Waals surface area (Å²) in [5, 5.41) is 3.44. The predicted molar refractivity (Wildman–Crippen MR) is 71.0 cm³/mol. The van der Waals surface area contributed by atoms with E-state index in [2.05, 4.69) is 24.2 Å². The smallest absolute Gasteiger partial charge is 0.0477 e. The molecule has 0 radical (unpaired) electrons. The minimum absolute atomic E-state index is 0.833. The standard InChI is InChI=1S/C13H30N2O/c1-4-6-7-11-15(3)12-10-14-9-8-13-16-5-2/h14H,4-13H2,1-3H3. The van der Waals surface area contributed by atoms with Crippen LogP contribution in [0.15, 0.2) is 0 Å². The van der Waals surface area contributed by atoms with E-state index < -0.39 is 0 Å². The van der Waals surface area contributed by atoms with E-state index in [1.165, 1.54) is 25.8 Å². The van der Waals surface area contributed by atoms with Crippen molar-refractivity contribution in [3.05, 3.63) is 0 Å². The molecule has 0 saturated carbocycles. The first-order valence-corrected chi connectivity index (χ1v) is 6.78. The molecule has 0 heterocycles. The molecule has 1 N–H and O–H groups in total. The Kier molecular flexibility index (Phi) is 12.9. The van der Waals surface area contributed by atoms with Crippen LogP contribution in [-0.2, 0) is 4.74 Å². The molecule has 98 valence electrons. The first-order chi connectivity index (χ1) is 7.81. The van der Waals surface area contributed by atoms with Gasteiger partial charge in [0.15, 0.2) is 0 Å². The fraction of sp³-hybridized carbons (Fsp3) is 1.00. The lowest BCUT2D eigenvalue weighted by Gasteiger charge is -2.16. The average Bonchev–Trinajstić information content (AvgIpc) is 2.28. The molecule has 0 fully saturated rings. The highest BCUT2D eigenvalue weighted by Gasteiger charge is 1.96. The van der Waals surface area contributed by atoms with Gasteiger partial charge < -0.3 is 15.0 Å². The van der Waals surface area contributed by atoms with Crippen molar-refractivity contribution in [1.29, 1.82) is 0 Å². The van der Waals surface area contributed by atoms with E-state index >= 15 is 0 Å². The molecular formula is C13H30N2O. The number of hydrogen-bond donors (Lipinski definition) is 1. The monoisotopic (exact) mass is 230 g/mol. The van der Waals surface area contributed by atoms with Gasteiger partial charge in [-0.1, -0.05) is 19.8 Å². The van der Waals surface area contributed by atoms with Crippen LogP contribution in [0.25, 0.3) is 0 Å². The van der Waals surface area contributed by atoms with Gasteiger partial charge in [0.1, 0.15) is 0 Å². The number of nitrogens with one attached hydrogen (secondary N) is 1. The number of nitrogens with zero attached hydrogens (tertiary/aromatic N) is 1. The van der Waals surface area contributed by atoms with Gasteiger partial charge in [-0.05, 0) is 39.9 Å². The van der Waals surface area contributed by atoms with E-state index in [0.29, 0.717) is 0 Å². The van der Waals surface area contributed by atoms with Crippen LogP contribution in [0.3, 0.4) is 0 Å². The molecule has 0 amide bonds. The van der Waals surface area contributed by atoms with E-state index in [-0.39, 0.29) is 0 Å². The van der Waals surface area contributed by atoms with Crippen molar-refractivity contribution in [3.63, 3.8) is 0 Å². The summed E-state index contributed by atoms with van der Waals surface area (Å²) in [6, 6.07) is 0. The molecule has 0 rings (SSSR count). The fourth-order valence-corrected chi connectivity index (χ4v) is 1.58. The van der Waals surface area contributed by atoms with Crippen molar-refractivity contribution in [2.24, 2.45) is 0 Å². The van der Waals surface area contributed by atoms with Gasteiger partial charge in [-0.3, -0.25) is 0 Å². The molecule has 0 unspecified atom stereocenters. The molecule has 0 bridgehead atoms. The first-order valence-electron chi connectivity index (χ1n) is 6.78. The lowest BCUT2D eigenvalue weighted by molar-refractivity contribution is 0.144. The zero-order valence-electron chi connectivity index (χ0n) is 11.4.